The van der Waals surface area contributed by atoms with Crippen LogP contribution in [0, 0.1) is 5.92 Å². The average Bonchev–Trinajstić information content (AvgIpc) is 3.49. The van der Waals surface area contributed by atoms with Crippen LogP contribution in [0.2, 0.25) is 0 Å². The second-order valence-corrected chi connectivity index (χ2v) is 10.3. The number of fused-ring (bicyclic) bond motifs is 1. The van der Waals surface area contributed by atoms with E-state index in [1.807, 2.05) is 18.3 Å². The number of hydrogen-bond donors (Lipinski definition) is 2. The van der Waals surface area contributed by atoms with Crippen molar-refractivity contribution in [2.24, 2.45) is 5.92 Å². The number of benzene rings is 1. The van der Waals surface area contributed by atoms with Crippen LogP contribution in [0.3, 0.4) is 0 Å². The molecule has 4 aromatic rings. The summed E-state index contributed by atoms with van der Waals surface area (Å²) in [5.74, 6) is 1.23. The molecule has 0 radical (unpaired) electrons. The number of rotatable bonds is 5. The maximum absolute atomic E-state index is 13.1. The number of pyridine rings is 1. The molecule has 0 bridgehead atoms. The summed E-state index contributed by atoms with van der Waals surface area (Å²) in [6.45, 7) is 5.63. The minimum absolute atomic E-state index is 0.143. The van der Waals surface area contributed by atoms with Crippen molar-refractivity contribution < 1.29 is 18.3 Å². The van der Waals surface area contributed by atoms with Crippen LogP contribution in [-0.2, 0) is 11.8 Å². The summed E-state index contributed by atoms with van der Waals surface area (Å²) in [5, 5.41) is 16.7. The zero-order chi connectivity index (χ0) is 25.7. The first-order valence-corrected chi connectivity index (χ1v) is 12.4. The number of aromatic nitrogens is 5. The van der Waals surface area contributed by atoms with Gasteiger partial charge in [-0.2, -0.15) is 18.3 Å². The first-order valence-electron chi connectivity index (χ1n) is 12.4. The van der Waals surface area contributed by atoms with Crippen LogP contribution in [-0.4, -0.2) is 29.8 Å². The van der Waals surface area contributed by atoms with Crippen molar-refractivity contribution in [1.82, 2.24) is 24.7 Å². The molecule has 0 spiro atoms. The van der Waals surface area contributed by atoms with Crippen molar-refractivity contribution in [2.45, 2.75) is 70.7 Å². The van der Waals surface area contributed by atoms with Gasteiger partial charge in [0.05, 0.1) is 34.7 Å². The van der Waals surface area contributed by atoms with Crippen LogP contribution in [0.25, 0.3) is 33.7 Å². The molecule has 0 aliphatic heterocycles. The molecule has 9 heteroatoms. The van der Waals surface area contributed by atoms with Crippen molar-refractivity contribution in [2.75, 3.05) is 0 Å². The van der Waals surface area contributed by atoms with Crippen molar-refractivity contribution in [3.8, 4) is 22.8 Å². The van der Waals surface area contributed by atoms with Crippen LogP contribution >= 0.6 is 0 Å². The summed E-state index contributed by atoms with van der Waals surface area (Å²) in [6.07, 6.45) is 4.80. The van der Waals surface area contributed by atoms with Crippen LogP contribution in [0.4, 0.5) is 13.2 Å². The number of hydrogen-bond acceptors (Lipinski definition) is 4. The fourth-order valence-electron chi connectivity index (χ4n) is 5.13. The number of aromatic amines is 1. The lowest BCUT2D eigenvalue weighted by Gasteiger charge is -2.27. The molecule has 6 nitrogen and oxygen atoms in total. The summed E-state index contributed by atoms with van der Waals surface area (Å²) in [7, 11) is 0. The van der Waals surface area contributed by atoms with E-state index in [-0.39, 0.29) is 5.69 Å². The van der Waals surface area contributed by atoms with Crippen LogP contribution in [0.5, 0.6) is 0 Å². The number of nitrogens with one attached hydrogen (secondary N) is 1. The molecule has 36 heavy (non-hydrogen) atoms. The lowest BCUT2D eigenvalue weighted by atomic mass is 9.85. The van der Waals surface area contributed by atoms with Crippen molar-refractivity contribution in [1.29, 1.82) is 0 Å². The highest BCUT2D eigenvalue weighted by Gasteiger charge is 2.33. The van der Waals surface area contributed by atoms with Gasteiger partial charge in [0.25, 0.3) is 0 Å². The molecule has 1 fully saturated rings. The van der Waals surface area contributed by atoms with Crippen molar-refractivity contribution in [3.05, 3.63) is 54.0 Å². The average molecular weight is 498 g/mol. The van der Waals surface area contributed by atoms with Gasteiger partial charge in [0.2, 0.25) is 0 Å². The summed E-state index contributed by atoms with van der Waals surface area (Å²) in [5.41, 5.74) is 0.449. The molecule has 3 aromatic heterocycles. The first kappa shape index (κ1) is 24.5. The Morgan fingerprint density at radius 2 is 1.86 bits per heavy atom. The molecule has 0 atom stereocenters. The monoisotopic (exact) mass is 497 g/mol. The lowest BCUT2D eigenvalue weighted by Crippen LogP contribution is -2.18. The van der Waals surface area contributed by atoms with Gasteiger partial charge in [-0.15, -0.1) is 0 Å². The van der Waals surface area contributed by atoms with Crippen LogP contribution in [0.1, 0.15) is 70.2 Å². The Hall–Kier alpha value is -3.20. The zero-order valence-corrected chi connectivity index (χ0v) is 20.6. The maximum atomic E-state index is 13.1. The molecule has 190 valence electrons. The molecule has 0 amide bonds. The third-order valence-corrected chi connectivity index (χ3v) is 7.23. The van der Waals surface area contributed by atoms with Gasteiger partial charge in [-0.1, -0.05) is 19.4 Å². The molecule has 0 saturated heterocycles. The number of nitrogens with zero attached hydrogens (tertiary/aromatic N) is 4. The van der Waals surface area contributed by atoms with Gasteiger partial charge in [-0.3, -0.25) is 4.68 Å². The van der Waals surface area contributed by atoms with Gasteiger partial charge in [-0.25, -0.2) is 9.97 Å². The molecule has 1 saturated carbocycles. The number of imidazole rings is 1. The van der Waals surface area contributed by atoms with E-state index in [4.69, 9.17) is 5.10 Å². The van der Waals surface area contributed by atoms with E-state index in [1.165, 1.54) is 37.6 Å². The fourth-order valence-corrected chi connectivity index (χ4v) is 5.13. The highest BCUT2D eigenvalue weighted by atomic mass is 19.4. The quantitative estimate of drug-likeness (QED) is 0.315. The molecule has 1 aliphatic rings. The topological polar surface area (TPSA) is 79.6 Å². The molecule has 0 unspecified atom stereocenters. The van der Waals surface area contributed by atoms with E-state index in [9.17, 15) is 18.3 Å². The second-order valence-electron chi connectivity index (χ2n) is 10.3. The number of H-pyrrole nitrogens is 1. The van der Waals surface area contributed by atoms with E-state index >= 15 is 0 Å². The van der Waals surface area contributed by atoms with Gasteiger partial charge >= 0.3 is 6.18 Å². The maximum Gasteiger partial charge on any atom is 0.433 e. The number of halogens is 3. The van der Waals surface area contributed by atoms with Gasteiger partial charge in [0, 0.05) is 17.1 Å². The predicted octanol–water partition coefficient (Wildman–Crippen LogP) is 6.88. The summed E-state index contributed by atoms with van der Waals surface area (Å²) >= 11 is 0. The van der Waals surface area contributed by atoms with E-state index in [1.54, 1.807) is 13.8 Å². The standard InChI is InChI=1S/C27H30F3N5O/c1-4-16-8-10-18(11-9-16)35-15-17-12-19(20(26(2,3)36)13-22(17)34-35)25-31-14-23(33-25)21-6-5-7-24(32-21)27(28,29)30/h5-7,12-16,18,36H,4,8-11H2,1-3H3,(H,31,33). The molecule has 5 rings (SSSR count). The number of aliphatic hydroxyl groups is 1. The predicted molar refractivity (Wildman–Crippen MR) is 132 cm³/mol. The Bertz CT molecular complexity index is 1370. The van der Waals surface area contributed by atoms with Gasteiger partial charge in [-0.05, 0) is 75.3 Å². The summed E-state index contributed by atoms with van der Waals surface area (Å²) in [4.78, 5) is 11.3. The smallest absolute Gasteiger partial charge is 0.386 e. The van der Waals surface area contributed by atoms with Gasteiger partial charge < -0.3 is 10.1 Å². The van der Waals surface area contributed by atoms with Gasteiger partial charge in [0.1, 0.15) is 11.5 Å². The fraction of sp³-hybridized carbons (Fsp3) is 0.444. The van der Waals surface area contributed by atoms with E-state index in [0.717, 1.165) is 35.7 Å². The Morgan fingerprint density at radius 1 is 1.11 bits per heavy atom. The molecular weight excluding hydrogens is 467 g/mol. The third kappa shape index (κ3) is 4.76. The van der Waals surface area contributed by atoms with Crippen molar-refractivity contribution in [3.63, 3.8) is 0 Å². The van der Waals surface area contributed by atoms with E-state index in [0.29, 0.717) is 28.7 Å². The Labute approximate surface area is 207 Å². The van der Waals surface area contributed by atoms with Gasteiger partial charge in [0.15, 0.2) is 0 Å². The Kier molecular flexibility index (Phi) is 6.14. The number of alkyl halides is 3. The molecule has 1 aromatic carbocycles. The highest BCUT2D eigenvalue weighted by Crippen LogP contribution is 2.37. The van der Waals surface area contributed by atoms with E-state index < -0.39 is 17.5 Å². The molecule has 2 N–H and O–H groups in total. The minimum Gasteiger partial charge on any atom is -0.386 e. The summed E-state index contributed by atoms with van der Waals surface area (Å²) < 4.78 is 41.5. The lowest BCUT2D eigenvalue weighted by molar-refractivity contribution is -0.141. The molecular formula is C27H30F3N5O. The SMILES string of the molecule is CCC1CCC(n2cc3cc(-c4ncc(-c5cccc(C(F)(F)F)n5)[nH]4)c(C(C)(C)O)cc3n2)CC1. The van der Waals surface area contributed by atoms with E-state index in [2.05, 4.69) is 26.6 Å². The normalized spacial score (nSPS) is 19.2. The largest absolute Gasteiger partial charge is 0.433 e. The van der Waals surface area contributed by atoms with Crippen molar-refractivity contribution >= 4 is 10.9 Å². The third-order valence-electron chi connectivity index (χ3n) is 7.23. The molecule has 1 aliphatic carbocycles. The Balaban J connectivity index is 1.53. The molecule has 3 heterocycles. The van der Waals surface area contributed by atoms with Crippen LogP contribution in [0.15, 0.2) is 42.7 Å². The second kappa shape index (κ2) is 9.03. The zero-order valence-electron chi connectivity index (χ0n) is 20.6. The highest BCUT2D eigenvalue weighted by molar-refractivity contribution is 5.86. The summed E-state index contributed by atoms with van der Waals surface area (Å²) in [6, 6.07) is 7.94. The first-order chi connectivity index (χ1) is 17.0. The minimum atomic E-state index is -4.53. The van der Waals surface area contributed by atoms with Crippen LogP contribution < -0.4 is 0 Å². The Morgan fingerprint density at radius 3 is 2.53 bits per heavy atom.